The third kappa shape index (κ3) is 4.85. The second-order valence-electron chi connectivity index (χ2n) is 10.7. The standard InChI is InChI=1S/C26H34N8O/c1-16-7-8-19(26(3,4)5)14-20(16)28-24-22-23(27-15-33(22)6)29-25(30-24)34-11-9-18(10-12-34)13-21-32-31-17(2)35-21/h7-8,14-15,18H,9-13H2,1-6H3,(H,28,29,30). The minimum Gasteiger partial charge on any atom is -0.426 e. The number of rotatable bonds is 5. The van der Waals surface area contributed by atoms with Gasteiger partial charge in [-0.15, -0.1) is 10.2 Å². The summed E-state index contributed by atoms with van der Waals surface area (Å²) in [7, 11) is 1.98. The number of imidazole rings is 1. The molecule has 35 heavy (non-hydrogen) atoms. The molecule has 0 bridgehead atoms. The first kappa shape index (κ1) is 23.3. The van der Waals surface area contributed by atoms with E-state index in [0.29, 0.717) is 17.5 Å². The lowest BCUT2D eigenvalue weighted by molar-refractivity contribution is 0.356. The van der Waals surface area contributed by atoms with E-state index in [2.05, 4.69) is 71.3 Å². The maximum atomic E-state index is 5.58. The lowest BCUT2D eigenvalue weighted by Gasteiger charge is -2.31. The summed E-state index contributed by atoms with van der Waals surface area (Å²) < 4.78 is 7.56. The van der Waals surface area contributed by atoms with Gasteiger partial charge in [0.05, 0.1) is 6.33 Å². The number of hydrogen-bond donors (Lipinski definition) is 1. The minimum atomic E-state index is 0.0626. The van der Waals surface area contributed by atoms with Crippen molar-refractivity contribution < 1.29 is 4.42 Å². The quantitative estimate of drug-likeness (QED) is 0.438. The van der Waals surface area contributed by atoms with Crippen molar-refractivity contribution in [3.63, 3.8) is 0 Å². The van der Waals surface area contributed by atoms with Gasteiger partial charge < -0.3 is 19.2 Å². The summed E-state index contributed by atoms with van der Waals surface area (Å²) in [6, 6.07) is 6.59. The Hall–Kier alpha value is -3.49. The van der Waals surface area contributed by atoms with Crippen LogP contribution in [0.5, 0.6) is 0 Å². The molecule has 4 heterocycles. The first-order valence-corrected chi connectivity index (χ1v) is 12.3. The molecule has 0 atom stereocenters. The summed E-state index contributed by atoms with van der Waals surface area (Å²) in [5.41, 5.74) is 5.17. The highest BCUT2D eigenvalue weighted by Gasteiger charge is 2.25. The number of piperidine rings is 1. The molecule has 0 aliphatic carbocycles. The monoisotopic (exact) mass is 474 g/mol. The van der Waals surface area contributed by atoms with Gasteiger partial charge in [-0.2, -0.15) is 9.97 Å². The van der Waals surface area contributed by atoms with Gasteiger partial charge in [-0.1, -0.05) is 32.9 Å². The van der Waals surface area contributed by atoms with Crippen LogP contribution < -0.4 is 10.2 Å². The van der Waals surface area contributed by atoms with Crippen molar-refractivity contribution in [2.24, 2.45) is 13.0 Å². The molecule has 9 nitrogen and oxygen atoms in total. The molecule has 5 rings (SSSR count). The Labute approximate surface area is 206 Å². The molecule has 0 saturated carbocycles. The second kappa shape index (κ2) is 8.94. The lowest BCUT2D eigenvalue weighted by Crippen LogP contribution is -2.35. The summed E-state index contributed by atoms with van der Waals surface area (Å²) in [5.74, 6) is 3.37. The van der Waals surface area contributed by atoms with Gasteiger partial charge in [0, 0.05) is 39.2 Å². The molecule has 1 aliphatic heterocycles. The largest absolute Gasteiger partial charge is 0.426 e. The Bertz CT molecular complexity index is 1340. The van der Waals surface area contributed by atoms with Crippen molar-refractivity contribution >= 4 is 28.6 Å². The van der Waals surface area contributed by atoms with E-state index in [1.54, 1.807) is 6.33 Å². The highest BCUT2D eigenvalue weighted by Crippen LogP contribution is 2.32. The van der Waals surface area contributed by atoms with Crippen molar-refractivity contribution in [2.75, 3.05) is 23.3 Å². The predicted octanol–water partition coefficient (Wildman–Crippen LogP) is 4.86. The Morgan fingerprint density at radius 3 is 2.54 bits per heavy atom. The first-order valence-electron chi connectivity index (χ1n) is 12.3. The van der Waals surface area contributed by atoms with Gasteiger partial charge in [0.25, 0.3) is 0 Å². The SMILES string of the molecule is Cc1nnc(CC2CCN(c3nc(Nc4cc(C(C)(C)C)ccc4C)c4c(ncn4C)n3)CC2)o1. The lowest BCUT2D eigenvalue weighted by atomic mass is 9.86. The molecule has 4 aromatic rings. The summed E-state index contributed by atoms with van der Waals surface area (Å²) >= 11 is 0. The maximum Gasteiger partial charge on any atom is 0.229 e. The molecule has 1 fully saturated rings. The van der Waals surface area contributed by atoms with Gasteiger partial charge in [0.1, 0.15) is 5.52 Å². The molecule has 9 heteroatoms. The van der Waals surface area contributed by atoms with Crippen molar-refractivity contribution in [1.82, 2.24) is 29.7 Å². The number of aryl methyl sites for hydroxylation is 3. The fourth-order valence-corrected chi connectivity index (χ4v) is 4.63. The molecule has 0 radical (unpaired) electrons. The van der Waals surface area contributed by atoms with E-state index >= 15 is 0 Å². The molecule has 3 aromatic heterocycles. The van der Waals surface area contributed by atoms with E-state index in [1.807, 2.05) is 18.5 Å². The van der Waals surface area contributed by atoms with E-state index in [0.717, 1.165) is 61.2 Å². The van der Waals surface area contributed by atoms with Crippen molar-refractivity contribution in [3.8, 4) is 0 Å². The summed E-state index contributed by atoms with van der Waals surface area (Å²) in [6.07, 6.45) is 4.68. The number of fused-ring (bicyclic) bond motifs is 1. The average Bonchev–Trinajstić information content (AvgIpc) is 3.40. The van der Waals surface area contributed by atoms with Gasteiger partial charge in [-0.05, 0) is 48.3 Å². The molecule has 1 N–H and O–H groups in total. The third-order valence-corrected chi connectivity index (χ3v) is 6.84. The minimum absolute atomic E-state index is 0.0626. The van der Waals surface area contributed by atoms with Gasteiger partial charge in [0.15, 0.2) is 11.5 Å². The Balaban J connectivity index is 1.40. The normalized spacial score (nSPS) is 15.2. The van der Waals surface area contributed by atoms with Gasteiger partial charge in [-0.25, -0.2) is 4.98 Å². The van der Waals surface area contributed by atoms with Crippen LogP contribution in [-0.4, -0.2) is 42.8 Å². The number of anilines is 3. The average molecular weight is 475 g/mol. The molecule has 1 aliphatic rings. The van der Waals surface area contributed by atoms with E-state index in [4.69, 9.17) is 14.4 Å². The van der Waals surface area contributed by atoms with Crippen LogP contribution in [0.4, 0.5) is 17.5 Å². The highest BCUT2D eigenvalue weighted by molar-refractivity contribution is 5.87. The number of nitrogens with one attached hydrogen (secondary N) is 1. The number of hydrogen-bond acceptors (Lipinski definition) is 8. The van der Waals surface area contributed by atoms with Crippen LogP contribution >= 0.6 is 0 Å². The van der Waals surface area contributed by atoms with Crippen LogP contribution in [0.1, 0.15) is 56.5 Å². The molecular weight excluding hydrogens is 440 g/mol. The third-order valence-electron chi connectivity index (χ3n) is 6.84. The van der Waals surface area contributed by atoms with E-state index < -0.39 is 0 Å². The first-order chi connectivity index (χ1) is 16.7. The Morgan fingerprint density at radius 1 is 1.09 bits per heavy atom. The fourth-order valence-electron chi connectivity index (χ4n) is 4.63. The van der Waals surface area contributed by atoms with Crippen molar-refractivity contribution in [3.05, 3.63) is 47.4 Å². The van der Waals surface area contributed by atoms with Crippen LogP contribution in [0.25, 0.3) is 11.2 Å². The summed E-state index contributed by atoms with van der Waals surface area (Å²) in [5, 5.41) is 11.7. The zero-order valence-electron chi connectivity index (χ0n) is 21.5. The molecule has 0 amide bonds. The van der Waals surface area contributed by atoms with Gasteiger partial charge >= 0.3 is 0 Å². The fraction of sp³-hybridized carbons (Fsp3) is 0.500. The molecular formula is C26H34N8O. The summed E-state index contributed by atoms with van der Waals surface area (Å²) in [6.45, 7) is 12.4. The number of aromatic nitrogens is 6. The van der Waals surface area contributed by atoms with Crippen LogP contribution in [0, 0.1) is 19.8 Å². The van der Waals surface area contributed by atoms with Crippen LogP contribution in [-0.2, 0) is 18.9 Å². The zero-order chi connectivity index (χ0) is 24.7. The Kier molecular flexibility index (Phi) is 5.94. The topological polar surface area (TPSA) is 97.8 Å². The van der Waals surface area contributed by atoms with Crippen LogP contribution in [0.3, 0.4) is 0 Å². The number of nitrogens with zero attached hydrogens (tertiary/aromatic N) is 7. The molecule has 0 unspecified atom stereocenters. The molecule has 1 aromatic carbocycles. The zero-order valence-corrected chi connectivity index (χ0v) is 21.5. The summed E-state index contributed by atoms with van der Waals surface area (Å²) in [4.78, 5) is 16.6. The predicted molar refractivity (Wildman–Crippen MR) is 137 cm³/mol. The Morgan fingerprint density at radius 2 is 1.86 bits per heavy atom. The number of benzene rings is 1. The van der Waals surface area contributed by atoms with Crippen molar-refractivity contribution in [2.45, 2.75) is 59.3 Å². The van der Waals surface area contributed by atoms with Gasteiger partial charge in [0.2, 0.25) is 17.7 Å². The van der Waals surface area contributed by atoms with Gasteiger partial charge in [-0.3, -0.25) is 0 Å². The van der Waals surface area contributed by atoms with E-state index in [1.165, 1.54) is 11.1 Å². The second-order valence-corrected chi connectivity index (χ2v) is 10.7. The van der Waals surface area contributed by atoms with E-state index in [-0.39, 0.29) is 5.41 Å². The van der Waals surface area contributed by atoms with Crippen LogP contribution in [0.15, 0.2) is 28.9 Å². The highest BCUT2D eigenvalue weighted by atomic mass is 16.4. The smallest absolute Gasteiger partial charge is 0.229 e. The van der Waals surface area contributed by atoms with Crippen LogP contribution in [0.2, 0.25) is 0 Å². The molecule has 1 saturated heterocycles. The van der Waals surface area contributed by atoms with E-state index in [9.17, 15) is 0 Å². The molecule has 184 valence electrons. The molecule has 0 spiro atoms. The van der Waals surface area contributed by atoms with Crippen molar-refractivity contribution in [1.29, 1.82) is 0 Å². The maximum absolute atomic E-state index is 5.58.